The molecule has 0 radical (unpaired) electrons. The molecule has 0 saturated carbocycles. The Morgan fingerprint density at radius 3 is 2.54 bits per heavy atom. The van der Waals surface area contributed by atoms with Crippen molar-refractivity contribution in [2.24, 2.45) is 5.14 Å². The van der Waals surface area contributed by atoms with Crippen LogP contribution in [0.25, 0.3) is 0 Å². The maximum absolute atomic E-state index is 11.9. The van der Waals surface area contributed by atoms with Gasteiger partial charge in [0.25, 0.3) is 0 Å². The van der Waals surface area contributed by atoms with Crippen LogP contribution in [-0.4, -0.2) is 43.0 Å². The van der Waals surface area contributed by atoms with Gasteiger partial charge in [0.15, 0.2) is 4.34 Å². The van der Waals surface area contributed by atoms with E-state index < -0.39 is 16.1 Å². The highest BCUT2D eigenvalue weighted by molar-refractivity contribution is 8.01. The molecule has 0 aliphatic heterocycles. The molecule has 4 N–H and O–H groups in total. The van der Waals surface area contributed by atoms with Gasteiger partial charge in [-0.05, 0) is 31.2 Å². The van der Waals surface area contributed by atoms with Crippen LogP contribution >= 0.6 is 23.1 Å². The summed E-state index contributed by atoms with van der Waals surface area (Å²) in [5.74, 6) is -0.251. The molecule has 1 heterocycles. The molecule has 10 nitrogen and oxygen atoms in total. The molecular formula is C13H15N5O5S3. The lowest BCUT2D eigenvalue weighted by Gasteiger charge is -2.05. The predicted molar refractivity (Wildman–Crippen MR) is 97.7 cm³/mol. The molecule has 0 aliphatic carbocycles. The molecule has 26 heavy (non-hydrogen) atoms. The number of benzene rings is 1. The number of hydrogen-bond donors (Lipinski definition) is 3. The summed E-state index contributed by atoms with van der Waals surface area (Å²) in [4.78, 5) is 23.2. The Hall–Kier alpha value is -2.22. The lowest BCUT2D eigenvalue weighted by atomic mass is 10.3. The van der Waals surface area contributed by atoms with E-state index in [0.29, 0.717) is 10.0 Å². The van der Waals surface area contributed by atoms with Gasteiger partial charge in [0.2, 0.25) is 21.1 Å². The minimum absolute atomic E-state index is 0.0413. The zero-order valence-corrected chi connectivity index (χ0v) is 15.9. The number of sulfonamides is 1. The number of carbonyl (C=O) groups excluding carboxylic acids is 2. The molecule has 140 valence electrons. The van der Waals surface area contributed by atoms with Crippen molar-refractivity contribution in [2.75, 3.05) is 23.0 Å². The summed E-state index contributed by atoms with van der Waals surface area (Å²) in [6, 6.07) is 5.48. The van der Waals surface area contributed by atoms with Gasteiger partial charge in [0, 0.05) is 5.69 Å². The first kappa shape index (κ1) is 20.1. The Morgan fingerprint density at radius 2 is 1.92 bits per heavy atom. The largest absolute Gasteiger partial charge is 0.450 e. The van der Waals surface area contributed by atoms with E-state index in [4.69, 9.17) is 9.88 Å². The number of thioether (sulfide) groups is 1. The van der Waals surface area contributed by atoms with Crippen molar-refractivity contribution < 1.29 is 22.7 Å². The number of ether oxygens (including phenoxy) is 1. The number of hydrogen-bond acceptors (Lipinski definition) is 9. The van der Waals surface area contributed by atoms with E-state index in [1.807, 2.05) is 0 Å². The number of carbonyl (C=O) groups is 2. The molecule has 1 aromatic carbocycles. The van der Waals surface area contributed by atoms with Crippen LogP contribution in [0.1, 0.15) is 6.92 Å². The zero-order valence-electron chi connectivity index (χ0n) is 13.5. The van der Waals surface area contributed by atoms with Crippen LogP contribution in [0.3, 0.4) is 0 Å². The average Bonchev–Trinajstić information content (AvgIpc) is 3.00. The van der Waals surface area contributed by atoms with Crippen LogP contribution in [0.4, 0.5) is 15.6 Å². The van der Waals surface area contributed by atoms with E-state index in [0.717, 1.165) is 23.1 Å². The Kier molecular flexibility index (Phi) is 6.90. The van der Waals surface area contributed by atoms with Crippen molar-refractivity contribution in [3.8, 4) is 0 Å². The summed E-state index contributed by atoms with van der Waals surface area (Å²) in [6.45, 7) is 1.92. The second-order valence-electron chi connectivity index (χ2n) is 4.62. The smallest absolute Gasteiger partial charge is 0.413 e. The first-order valence-corrected chi connectivity index (χ1v) is 10.5. The first-order valence-electron chi connectivity index (χ1n) is 7.10. The van der Waals surface area contributed by atoms with Crippen LogP contribution < -0.4 is 15.8 Å². The molecule has 13 heteroatoms. The number of aromatic nitrogens is 2. The van der Waals surface area contributed by atoms with Crippen LogP contribution in [0.15, 0.2) is 33.5 Å². The van der Waals surface area contributed by atoms with Gasteiger partial charge in [-0.15, -0.1) is 10.2 Å². The molecule has 0 fully saturated rings. The van der Waals surface area contributed by atoms with Crippen LogP contribution in [0.5, 0.6) is 0 Å². The lowest BCUT2D eigenvalue weighted by Crippen LogP contribution is -2.15. The monoisotopic (exact) mass is 417 g/mol. The molecule has 0 atom stereocenters. The van der Waals surface area contributed by atoms with Crippen molar-refractivity contribution in [1.29, 1.82) is 0 Å². The van der Waals surface area contributed by atoms with Gasteiger partial charge >= 0.3 is 6.09 Å². The molecule has 2 aromatic rings. The quantitative estimate of drug-likeness (QED) is 0.452. The van der Waals surface area contributed by atoms with Gasteiger partial charge in [-0.3, -0.25) is 10.1 Å². The third-order valence-electron chi connectivity index (χ3n) is 2.68. The second-order valence-corrected chi connectivity index (χ2v) is 8.39. The van der Waals surface area contributed by atoms with E-state index in [9.17, 15) is 18.0 Å². The van der Waals surface area contributed by atoms with Crippen LogP contribution in [0, 0.1) is 0 Å². The first-order chi connectivity index (χ1) is 12.3. The number of rotatable bonds is 7. The summed E-state index contributed by atoms with van der Waals surface area (Å²) in [7, 11) is -3.77. The summed E-state index contributed by atoms with van der Waals surface area (Å²) in [5, 5.41) is 17.9. The maximum Gasteiger partial charge on any atom is 0.413 e. The summed E-state index contributed by atoms with van der Waals surface area (Å²) >= 11 is 2.25. The summed E-state index contributed by atoms with van der Waals surface area (Å²) in [6.07, 6.45) is -0.624. The molecule has 2 rings (SSSR count). The number of primary sulfonamides is 1. The number of nitrogens with one attached hydrogen (secondary N) is 2. The minimum Gasteiger partial charge on any atom is -0.450 e. The van der Waals surface area contributed by atoms with E-state index >= 15 is 0 Å². The van der Waals surface area contributed by atoms with Crippen molar-refractivity contribution in [1.82, 2.24) is 10.2 Å². The third kappa shape index (κ3) is 6.25. The van der Waals surface area contributed by atoms with Gasteiger partial charge in [-0.1, -0.05) is 23.1 Å². The number of nitrogens with two attached hydrogens (primary N) is 1. The Balaban J connectivity index is 1.83. The van der Waals surface area contributed by atoms with E-state index in [2.05, 4.69) is 20.8 Å². The van der Waals surface area contributed by atoms with Gasteiger partial charge in [0.05, 0.1) is 17.3 Å². The topological polar surface area (TPSA) is 153 Å². The van der Waals surface area contributed by atoms with Crippen LogP contribution in [0.2, 0.25) is 0 Å². The summed E-state index contributed by atoms with van der Waals surface area (Å²) in [5.41, 5.74) is 0.435. The highest BCUT2D eigenvalue weighted by atomic mass is 32.2. The number of anilines is 2. The van der Waals surface area contributed by atoms with Crippen LogP contribution in [-0.2, 0) is 19.6 Å². The fraction of sp³-hybridized carbons (Fsp3) is 0.231. The number of amides is 2. The molecule has 1 aromatic heterocycles. The Bertz CT molecular complexity index is 882. The highest BCUT2D eigenvalue weighted by Crippen LogP contribution is 2.25. The Morgan fingerprint density at radius 1 is 1.23 bits per heavy atom. The molecular weight excluding hydrogens is 402 g/mol. The minimum atomic E-state index is -3.77. The lowest BCUT2D eigenvalue weighted by molar-refractivity contribution is -0.113. The second kappa shape index (κ2) is 8.93. The van der Waals surface area contributed by atoms with Crippen molar-refractivity contribution in [3.63, 3.8) is 0 Å². The maximum atomic E-state index is 11.9. The third-order valence-corrected chi connectivity index (χ3v) is 5.59. The van der Waals surface area contributed by atoms with Gasteiger partial charge in [-0.25, -0.2) is 18.4 Å². The standard InChI is InChI=1S/C13H15N5O5S3/c1-2-23-12(20)16-11-17-18-13(25-11)24-7-10(19)15-8-3-5-9(6-4-8)26(14,21)22/h3-6H,2,7H2,1H3,(H,15,19)(H2,14,21,22)(H,16,17,20). The highest BCUT2D eigenvalue weighted by Gasteiger charge is 2.12. The van der Waals surface area contributed by atoms with Gasteiger partial charge < -0.3 is 10.1 Å². The van der Waals surface area contributed by atoms with Gasteiger partial charge in [-0.2, -0.15) is 0 Å². The fourth-order valence-electron chi connectivity index (χ4n) is 1.63. The zero-order chi connectivity index (χ0) is 19.2. The van der Waals surface area contributed by atoms with E-state index in [1.54, 1.807) is 6.92 Å². The molecule has 0 bridgehead atoms. The normalized spacial score (nSPS) is 11.0. The van der Waals surface area contributed by atoms with Crippen molar-refractivity contribution >= 4 is 55.9 Å². The average molecular weight is 417 g/mol. The van der Waals surface area contributed by atoms with E-state index in [1.165, 1.54) is 24.3 Å². The van der Waals surface area contributed by atoms with Gasteiger partial charge in [0.1, 0.15) is 0 Å². The fourth-order valence-corrected chi connectivity index (χ4v) is 3.68. The SMILES string of the molecule is CCOC(=O)Nc1nnc(SCC(=O)Nc2ccc(S(N)(=O)=O)cc2)s1. The predicted octanol–water partition coefficient (Wildman–Crippen LogP) is 1.48. The molecule has 0 spiro atoms. The van der Waals surface area contributed by atoms with Crippen molar-refractivity contribution in [3.05, 3.63) is 24.3 Å². The molecule has 0 unspecified atom stereocenters. The molecule has 0 aliphatic rings. The Labute approximate surface area is 157 Å². The number of nitrogens with zero attached hydrogens (tertiary/aromatic N) is 2. The van der Waals surface area contributed by atoms with Crippen molar-refractivity contribution in [2.45, 2.75) is 16.2 Å². The molecule has 2 amide bonds. The summed E-state index contributed by atoms with van der Waals surface area (Å²) < 4.78 is 27.6. The van der Waals surface area contributed by atoms with E-state index in [-0.39, 0.29) is 28.3 Å². The molecule has 0 saturated heterocycles.